The number of aromatic hydroxyl groups is 1. The number of nitrogens with zero attached hydrogens (tertiary/aromatic N) is 1. The summed E-state index contributed by atoms with van der Waals surface area (Å²) in [7, 11) is 0. The van der Waals surface area contributed by atoms with Gasteiger partial charge < -0.3 is 15.7 Å². The number of hydrogen-bond acceptors (Lipinski definition) is 4. The predicted molar refractivity (Wildman–Crippen MR) is 115 cm³/mol. The number of thiazole rings is 1. The van der Waals surface area contributed by atoms with E-state index >= 15 is 0 Å². The Balaban J connectivity index is 1.79. The van der Waals surface area contributed by atoms with E-state index in [9.17, 15) is 9.90 Å². The molecular weight excluding hydrogens is 382 g/mol. The van der Waals surface area contributed by atoms with E-state index < -0.39 is 6.04 Å². The Labute approximate surface area is 171 Å². The van der Waals surface area contributed by atoms with Gasteiger partial charge in [0, 0.05) is 11.1 Å². The minimum absolute atomic E-state index is 0.130. The van der Waals surface area contributed by atoms with Crippen LogP contribution in [0.15, 0.2) is 78.9 Å². The molecule has 4 aromatic rings. The normalized spacial score (nSPS) is 16.6. The van der Waals surface area contributed by atoms with Crippen molar-refractivity contribution in [2.45, 2.75) is 6.04 Å². The van der Waals surface area contributed by atoms with Crippen molar-refractivity contribution in [2.75, 3.05) is 0 Å². The Morgan fingerprint density at radius 3 is 2.41 bits per heavy atom. The van der Waals surface area contributed by atoms with Crippen LogP contribution < -0.4 is 10.6 Å². The van der Waals surface area contributed by atoms with Crippen LogP contribution in [0.4, 0.5) is 4.79 Å². The van der Waals surface area contributed by atoms with Gasteiger partial charge in [-0.1, -0.05) is 60.7 Å². The molecule has 0 fully saturated rings. The number of urea groups is 1. The average molecular weight is 399 g/mol. The Bertz CT molecular complexity index is 1210. The summed E-state index contributed by atoms with van der Waals surface area (Å²) in [5, 5.41) is 17.2. The SMILES string of the molecule is O=C1NC(c2ccccc2)=C(c2nc3ccccc3s2)C(c2ccccc2O)N1. The second kappa shape index (κ2) is 7.07. The van der Waals surface area contributed by atoms with Crippen molar-refractivity contribution in [2.24, 2.45) is 0 Å². The largest absolute Gasteiger partial charge is 0.508 e. The molecule has 0 saturated heterocycles. The highest BCUT2D eigenvalue weighted by Crippen LogP contribution is 2.42. The number of benzene rings is 3. The van der Waals surface area contributed by atoms with E-state index in [1.165, 1.54) is 0 Å². The number of phenols is 1. The first kappa shape index (κ1) is 17.5. The van der Waals surface area contributed by atoms with Crippen LogP contribution in [0.5, 0.6) is 5.75 Å². The summed E-state index contributed by atoms with van der Waals surface area (Å²) in [6.07, 6.45) is 0. The second-order valence-corrected chi connectivity index (χ2v) is 7.76. The summed E-state index contributed by atoms with van der Waals surface area (Å²) in [5.41, 5.74) is 3.95. The van der Waals surface area contributed by atoms with Gasteiger partial charge in [0.25, 0.3) is 0 Å². The quantitative estimate of drug-likeness (QED) is 0.458. The van der Waals surface area contributed by atoms with E-state index in [2.05, 4.69) is 10.6 Å². The molecule has 0 aliphatic carbocycles. The van der Waals surface area contributed by atoms with Crippen LogP contribution in [0.1, 0.15) is 22.2 Å². The second-order valence-electron chi connectivity index (χ2n) is 6.73. The van der Waals surface area contributed by atoms with Gasteiger partial charge in [-0.05, 0) is 23.8 Å². The van der Waals surface area contributed by atoms with Crippen LogP contribution in [-0.2, 0) is 0 Å². The maximum Gasteiger partial charge on any atom is 0.320 e. The smallest absolute Gasteiger partial charge is 0.320 e. The van der Waals surface area contributed by atoms with Gasteiger partial charge in [-0.2, -0.15) is 0 Å². The van der Waals surface area contributed by atoms with Gasteiger partial charge in [0.15, 0.2) is 0 Å². The molecule has 1 aliphatic rings. The lowest BCUT2D eigenvalue weighted by Gasteiger charge is -2.30. The zero-order valence-corrected chi connectivity index (χ0v) is 16.1. The van der Waals surface area contributed by atoms with Crippen LogP contribution in [-0.4, -0.2) is 16.1 Å². The van der Waals surface area contributed by atoms with Crippen LogP contribution in [0.3, 0.4) is 0 Å². The van der Waals surface area contributed by atoms with E-state index in [4.69, 9.17) is 4.98 Å². The molecule has 1 unspecified atom stereocenters. The third-order valence-corrected chi connectivity index (χ3v) is 5.98. The first-order valence-corrected chi connectivity index (χ1v) is 10.0. The van der Waals surface area contributed by atoms with Crippen molar-refractivity contribution in [3.8, 4) is 5.75 Å². The number of aromatic nitrogens is 1. The Hall–Kier alpha value is -3.64. The van der Waals surface area contributed by atoms with Crippen LogP contribution >= 0.6 is 11.3 Å². The van der Waals surface area contributed by atoms with Crippen molar-refractivity contribution < 1.29 is 9.90 Å². The molecule has 29 heavy (non-hydrogen) atoms. The van der Waals surface area contributed by atoms with Gasteiger partial charge in [0.1, 0.15) is 10.8 Å². The van der Waals surface area contributed by atoms with Crippen LogP contribution in [0.25, 0.3) is 21.5 Å². The monoisotopic (exact) mass is 399 g/mol. The number of fused-ring (bicyclic) bond motifs is 1. The van der Waals surface area contributed by atoms with Crippen molar-refractivity contribution in [3.05, 3.63) is 95.0 Å². The minimum atomic E-state index is -0.527. The van der Waals surface area contributed by atoms with Crippen molar-refractivity contribution in [1.82, 2.24) is 15.6 Å². The molecule has 0 radical (unpaired) electrons. The molecule has 142 valence electrons. The molecular formula is C23H17N3O2S. The molecule has 1 atom stereocenters. The molecule has 6 heteroatoms. The third kappa shape index (κ3) is 3.13. The zero-order valence-electron chi connectivity index (χ0n) is 15.3. The van der Waals surface area contributed by atoms with Crippen molar-refractivity contribution in [1.29, 1.82) is 0 Å². The van der Waals surface area contributed by atoms with E-state index in [0.717, 1.165) is 26.4 Å². The lowest BCUT2D eigenvalue weighted by Crippen LogP contribution is -2.43. The standard InChI is InChI=1S/C23H17N3O2S/c27-17-12-6-4-10-15(17)21-19(22-24-16-11-5-7-13-18(16)29-22)20(25-23(28)26-21)14-8-2-1-3-9-14/h1-13,21,27H,(H2,25,26,28). The zero-order chi connectivity index (χ0) is 19.8. The van der Waals surface area contributed by atoms with Gasteiger partial charge in [0.2, 0.25) is 0 Å². The number of carbonyl (C=O) groups is 1. The highest BCUT2D eigenvalue weighted by Gasteiger charge is 2.33. The molecule has 1 aliphatic heterocycles. The van der Waals surface area contributed by atoms with Crippen LogP contribution in [0.2, 0.25) is 0 Å². The molecule has 0 spiro atoms. The van der Waals surface area contributed by atoms with Gasteiger partial charge in [0.05, 0.1) is 22.0 Å². The fraction of sp³-hybridized carbons (Fsp3) is 0.0435. The lowest BCUT2D eigenvalue weighted by molar-refractivity contribution is 0.242. The minimum Gasteiger partial charge on any atom is -0.508 e. The van der Waals surface area contributed by atoms with Gasteiger partial charge in [-0.15, -0.1) is 11.3 Å². The van der Waals surface area contributed by atoms with Gasteiger partial charge >= 0.3 is 6.03 Å². The maximum absolute atomic E-state index is 12.5. The van der Waals surface area contributed by atoms with E-state index in [1.807, 2.05) is 66.7 Å². The van der Waals surface area contributed by atoms with Gasteiger partial charge in [-0.3, -0.25) is 0 Å². The molecule has 5 rings (SSSR count). The van der Waals surface area contributed by atoms with Crippen molar-refractivity contribution in [3.63, 3.8) is 0 Å². The number of hydrogen-bond donors (Lipinski definition) is 3. The Morgan fingerprint density at radius 1 is 0.897 bits per heavy atom. The molecule has 0 saturated carbocycles. The fourth-order valence-corrected chi connectivity index (χ4v) is 4.63. The summed E-state index contributed by atoms with van der Waals surface area (Å²) in [6, 6.07) is 23.9. The van der Waals surface area contributed by atoms with Gasteiger partial charge in [-0.25, -0.2) is 9.78 Å². The molecule has 2 heterocycles. The third-order valence-electron chi connectivity index (χ3n) is 4.91. The summed E-state index contributed by atoms with van der Waals surface area (Å²) >= 11 is 1.57. The first-order chi connectivity index (χ1) is 14.2. The van der Waals surface area contributed by atoms with E-state index in [0.29, 0.717) is 11.3 Å². The molecule has 5 nitrogen and oxygen atoms in total. The number of amides is 2. The molecule has 0 bridgehead atoms. The maximum atomic E-state index is 12.5. The summed E-state index contributed by atoms with van der Waals surface area (Å²) in [6.45, 7) is 0. The molecule has 2 amide bonds. The number of carbonyl (C=O) groups excluding carboxylic acids is 1. The molecule has 3 aromatic carbocycles. The Kier molecular flexibility index (Phi) is 4.26. The summed E-state index contributed by atoms with van der Waals surface area (Å²) < 4.78 is 1.07. The van der Waals surface area contributed by atoms with Crippen LogP contribution in [0, 0.1) is 0 Å². The average Bonchev–Trinajstić information content (AvgIpc) is 3.18. The number of phenolic OH excluding ortho intramolecular Hbond substituents is 1. The highest BCUT2D eigenvalue weighted by atomic mass is 32.1. The lowest BCUT2D eigenvalue weighted by atomic mass is 9.92. The Morgan fingerprint density at radius 2 is 1.62 bits per heavy atom. The number of rotatable bonds is 3. The summed E-state index contributed by atoms with van der Waals surface area (Å²) in [4.78, 5) is 17.4. The molecule has 1 aromatic heterocycles. The highest BCUT2D eigenvalue weighted by molar-refractivity contribution is 7.19. The topological polar surface area (TPSA) is 74.2 Å². The van der Waals surface area contributed by atoms with E-state index in [-0.39, 0.29) is 11.8 Å². The first-order valence-electron chi connectivity index (χ1n) is 9.21. The number of nitrogens with one attached hydrogen (secondary N) is 2. The fourth-order valence-electron chi connectivity index (χ4n) is 3.58. The summed E-state index contributed by atoms with van der Waals surface area (Å²) in [5.74, 6) is 0.130. The molecule has 3 N–H and O–H groups in total. The number of para-hydroxylation sites is 2. The van der Waals surface area contributed by atoms with Crippen molar-refractivity contribution >= 4 is 38.9 Å². The predicted octanol–water partition coefficient (Wildman–Crippen LogP) is 4.92. The van der Waals surface area contributed by atoms with E-state index in [1.54, 1.807) is 23.5 Å².